The zero-order valence-electron chi connectivity index (χ0n) is 16.5. The summed E-state index contributed by atoms with van der Waals surface area (Å²) >= 11 is 1.32. The molecule has 0 aliphatic heterocycles. The largest absolute Gasteiger partial charge is 0.296 e. The molecule has 0 fully saturated rings. The molecule has 9 heteroatoms. The van der Waals surface area contributed by atoms with E-state index in [1.807, 2.05) is 0 Å². The van der Waals surface area contributed by atoms with Crippen LogP contribution in [-0.4, -0.2) is 30.1 Å². The zero-order valence-corrected chi connectivity index (χ0v) is 18.1. The van der Waals surface area contributed by atoms with Crippen molar-refractivity contribution in [2.45, 2.75) is 58.4 Å². The van der Waals surface area contributed by atoms with Crippen molar-refractivity contribution in [3.8, 4) is 0 Å². The molecule has 1 heterocycles. The molecule has 0 bridgehead atoms. The number of carbonyl (C=O) groups excluding carboxylic acids is 1. The van der Waals surface area contributed by atoms with Crippen LogP contribution < -0.4 is 10.0 Å². The number of sulfonamides is 1. The molecule has 0 saturated carbocycles. The number of hydrogen-bond donors (Lipinski definition) is 2. The van der Waals surface area contributed by atoms with Gasteiger partial charge in [0.1, 0.15) is 5.01 Å². The number of nitrogens with one attached hydrogen (secondary N) is 2. The van der Waals surface area contributed by atoms with Crippen LogP contribution in [0.25, 0.3) is 0 Å². The van der Waals surface area contributed by atoms with Crippen molar-refractivity contribution in [3.05, 3.63) is 34.3 Å². The van der Waals surface area contributed by atoms with Crippen LogP contribution in [-0.2, 0) is 16.4 Å². The highest BCUT2D eigenvalue weighted by molar-refractivity contribution is 7.89. The van der Waals surface area contributed by atoms with Crippen molar-refractivity contribution in [3.63, 3.8) is 0 Å². The van der Waals surface area contributed by atoms with E-state index in [9.17, 15) is 13.2 Å². The van der Waals surface area contributed by atoms with Crippen molar-refractivity contribution in [2.75, 3.05) is 5.32 Å². The molecule has 2 aromatic rings. The van der Waals surface area contributed by atoms with Crippen molar-refractivity contribution in [1.82, 2.24) is 14.9 Å². The SMILES string of the molecule is Cc1ccc(S(=O)(=O)NC(C)(C)C)cc1C(=O)Nc1nnc(CC(C)C)s1. The fourth-order valence-corrected chi connectivity index (χ4v) is 4.77. The molecule has 148 valence electrons. The number of hydrogen-bond acceptors (Lipinski definition) is 6. The van der Waals surface area contributed by atoms with Gasteiger partial charge in [-0.15, -0.1) is 10.2 Å². The topological polar surface area (TPSA) is 101 Å². The van der Waals surface area contributed by atoms with Crippen LogP contribution in [0.1, 0.15) is 55.5 Å². The molecule has 2 N–H and O–H groups in total. The lowest BCUT2D eigenvalue weighted by Gasteiger charge is -2.20. The van der Waals surface area contributed by atoms with Gasteiger partial charge in [0.2, 0.25) is 15.2 Å². The number of carbonyl (C=O) groups is 1. The van der Waals surface area contributed by atoms with Gasteiger partial charge in [-0.3, -0.25) is 10.1 Å². The van der Waals surface area contributed by atoms with Crippen LogP contribution in [0.5, 0.6) is 0 Å². The summed E-state index contributed by atoms with van der Waals surface area (Å²) in [6, 6.07) is 4.50. The fraction of sp³-hybridized carbons (Fsp3) is 0.500. The average Bonchev–Trinajstić information content (AvgIpc) is 2.91. The molecule has 27 heavy (non-hydrogen) atoms. The molecular formula is C18H26N4O3S2. The normalized spacial score (nSPS) is 12.4. The quantitative estimate of drug-likeness (QED) is 0.760. The van der Waals surface area contributed by atoms with E-state index in [1.165, 1.54) is 23.5 Å². The van der Waals surface area contributed by atoms with E-state index in [4.69, 9.17) is 0 Å². The Bertz CT molecular complexity index is 928. The number of nitrogens with zero attached hydrogens (tertiary/aromatic N) is 2. The standard InChI is InChI=1S/C18H26N4O3S2/c1-11(2)9-15-20-21-17(26-15)19-16(23)14-10-13(8-7-12(14)3)27(24,25)22-18(4,5)6/h7-8,10-11,22H,9H2,1-6H3,(H,19,21,23). The van der Waals surface area contributed by atoms with Crippen molar-refractivity contribution < 1.29 is 13.2 Å². The fourth-order valence-electron chi connectivity index (χ4n) is 2.38. The third-order valence-electron chi connectivity index (χ3n) is 3.47. The Balaban J connectivity index is 2.25. The van der Waals surface area contributed by atoms with E-state index in [1.54, 1.807) is 33.8 Å². The van der Waals surface area contributed by atoms with E-state index in [2.05, 4.69) is 34.1 Å². The maximum absolute atomic E-state index is 12.6. The number of benzene rings is 1. The summed E-state index contributed by atoms with van der Waals surface area (Å²) < 4.78 is 27.7. The average molecular weight is 411 g/mol. The minimum Gasteiger partial charge on any atom is -0.296 e. The van der Waals surface area contributed by atoms with Crippen LogP contribution in [0.3, 0.4) is 0 Å². The molecule has 1 aromatic carbocycles. The highest BCUT2D eigenvalue weighted by Gasteiger charge is 2.24. The Hall–Kier alpha value is -1.84. The number of aryl methyl sites for hydroxylation is 1. The molecule has 1 amide bonds. The summed E-state index contributed by atoms with van der Waals surface area (Å²) in [6.07, 6.45) is 0.790. The zero-order chi connectivity index (χ0) is 20.4. The van der Waals surface area contributed by atoms with Crippen LogP contribution in [0, 0.1) is 12.8 Å². The van der Waals surface area contributed by atoms with E-state index >= 15 is 0 Å². The minimum atomic E-state index is -3.73. The second-order valence-corrected chi connectivity index (χ2v) is 10.6. The first-order chi connectivity index (χ1) is 12.4. The van der Waals surface area contributed by atoms with Crippen molar-refractivity contribution in [1.29, 1.82) is 0 Å². The Kier molecular flexibility index (Phi) is 6.39. The first-order valence-corrected chi connectivity index (χ1v) is 11.0. The van der Waals surface area contributed by atoms with Gasteiger partial charge in [-0.2, -0.15) is 0 Å². The number of amides is 1. The molecule has 0 radical (unpaired) electrons. The van der Waals surface area contributed by atoms with E-state index in [0.29, 0.717) is 16.6 Å². The summed E-state index contributed by atoms with van der Waals surface area (Å²) in [5, 5.41) is 12.0. The van der Waals surface area contributed by atoms with Gasteiger partial charge in [-0.1, -0.05) is 31.3 Å². The van der Waals surface area contributed by atoms with Crippen molar-refractivity contribution >= 4 is 32.4 Å². The van der Waals surface area contributed by atoms with Gasteiger partial charge in [0.05, 0.1) is 4.90 Å². The molecule has 2 rings (SSSR count). The maximum atomic E-state index is 12.6. The maximum Gasteiger partial charge on any atom is 0.257 e. The summed E-state index contributed by atoms with van der Waals surface area (Å²) in [4.78, 5) is 12.7. The van der Waals surface area contributed by atoms with Gasteiger partial charge < -0.3 is 0 Å². The highest BCUT2D eigenvalue weighted by Crippen LogP contribution is 2.22. The number of rotatable bonds is 6. The van der Waals surface area contributed by atoms with E-state index in [-0.39, 0.29) is 10.5 Å². The Morgan fingerprint density at radius 2 is 1.89 bits per heavy atom. The summed E-state index contributed by atoms with van der Waals surface area (Å²) in [7, 11) is -3.73. The lowest BCUT2D eigenvalue weighted by Crippen LogP contribution is -2.40. The minimum absolute atomic E-state index is 0.0472. The smallest absolute Gasteiger partial charge is 0.257 e. The molecule has 0 atom stereocenters. The molecule has 0 spiro atoms. The predicted octanol–water partition coefficient (Wildman–Crippen LogP) is 3.37. The van der Waals surface area contributed by atoms with Crippen LogP contribution in [0.4, 0.5) is 5.13 Å². The third kappa shape index (κ3) is 6.08. The second kappa shape index (κ2) is 8.04. The first-order valence-electron chi connectivity index (χ1n) is 8.66. The van der Waals surface area contributed by atoms with Gasteiger partial charge in [0, 0.05) is 17.5 Å². The van der Waals surface area contributed by atoms with Gasteiger partial charge >= 0.3 is 0 Å². The molecule has 1 aromatic heterocycles. The summed E-state index contributed by atoms with van der Waals surface area (Å²) in [5.74, 6) is 0.0357. The van der Waals surface area contributed by atoms with Gasteiger partial charge in [-0.25, -0.2) is 13.1 Å². The summed E-state index contributed by atoms with van der Waals surface area (Å²) in [6.45, 7) is 11.2. The lowest BCUT2D eigenvalue weighted by molar-refractivity contribution is 0.102. The number of aromatic nitrogens is 2. The molecule has 0 aliphatic carbocycles. The van der Waals surface area contributed by atoms with Crippen molar-refractivity contribution in [2.24, 2.45) is 5.92 Å². The lowest BCUT2D eigenvalue weighted by atomic mass is 10.1. The second-order valence-electron chi connectivity index (χ2n) is 7.89. The van der Waals surface area contributed by atoms with Crippen LogP contribution in [0.15, 0.2) is 23.1 Å². The first kappa shape index (κ1) is 21.5. The highest BCUT2D eigenvalue weighted by atomic mass is 32.2. The molecule has 7 nitrogen and oxygen atoms in total. The Labute approximate surface area is 164 Å². The third-order valence-corrected chi connectivity index (χ3v) is 6.09. The molecule has 0 unspecified atom stereocenters. The molecule has 0 aliphatic rings. The predicted molar refractivity (Wildman–Crippen MR) is 108 cm³/mol. The number of anilines is 1. The van der Waals surface area contributed by atoms with Gasteiger partial charge in [0.15, 0.2) is 0 Å². The van der Waals surface area contributed by atoms with Gasteiger partial charge in [0.25, 0.3) is 5.91 Å². The van der Waals surface area contributed by atoms with E-state index < -0.39 is 21.5 Å². The molecular weight excluding hydrogens is 384 g/mol. The molecule has 0 saturated heterocycles. The Morgan fingerprint density at radius 3 is 2.48 bits per heavy atom. The van der Waals surface area contributed by atoms with Crippen LogP contribution >= 0.6 is 11.3 Å². The van der Waals surface area contributed by atoms with Crippen LogP contribution in [0.2, 0.25) is 0 Å². The van der Waals surface area contributed by atoms with Gasteiger partial charge in [-0.05, 0) is 51.3 Å². The summed E-state index contributed by atoms with van der Waals surface area (Å²) in [5.41, 5.74) is 0.340. The monoisotopic (exact) mass is 410 g/mol. The Morgan fingerprint density at radius 1 is 1.22 bits per heavy atom. The van der Waals surface area contributed by atoms with E-state index in [0.717, 1.165) is 11.4 Å².